The molecular formula is C21H31N3O2S2. The van der Waals surface area contributed by atoms with Crippen LogP contribution in [0.15, 0.2) is 9.95 Å². The standard InChI is InChI=1S/C21H31N3O2S2/c1-5-13(3)11-16-14(4)28-20-18(16)19(26)22-21(23-20)27-12-17(25)24-10-8-7-9-15(24)6-2/h13,15H,5-12H2,1-4H3,(H,22,23,26)/t13-,15-/m0/s1. The van der Waals surface area contributed by atoms with Crippen molar-refractivity contribution in [3.8, 4) is 0 Å². The van der Waals surface area contributed by atoms with Crippen LogP contribution in [-0.2, 0) is 11.2 Å². The summed E-state index contributed by atoms with van der Waals surface area (Å²) in [5.74, 6) is 1.02. The molecule has 1 aliphatic rings. The number of rotatable bonds is 7. The fourth-order valence-corrected chi connectivity index (χ4v) is 5.79. The zero-order chi connectivity index (χ0) is 20.3. The Morgan fingerprint density at radius 3 is 2.89 bits per heavy atom. The van der Waals surface area contributed by atoms with Gasteiger partial charge in [0.1, 0.15) is 4.83 Å². The number of amides is 1. The minimum atomic E-state index is -0.0768. The van der Waals surface area contributed by atoms with E-state index < -0.39 is 0 Å². The summed E-state index contributed by atoms with van der Waals surface area (Å²) in [4.78, 5) is 37.0. The van der Waals surface area contributed by atoms with Crippen molar-refractivity contribution in [3.63, 3.8) is 0 Å². The number of nitrogens with one attached hydrogen (secondary N) is 1. The summed E-state index contributed by atoms with van der Waals surface area (Å²) >= 11 is 2.93. The molecule has 3 rings (SSSR count). The van der Waals surface area contributed by atoms with Gasteiger partial charge in [-0.1, -0.05) is 39.0 Å². The maximum absolute atomic E-state index is 12.8. The normalized spacial score (nSPS) is 18.6. The Bertz CT molecular complexity index is 890. The number of piperidine rings is 1. The summed E-state index contributed by atoms with van der Waals surface area (Å²) < 4.78 is 0. The second kappa shape index (κ2) is 9.44. The van der Waals surface area contributed by atoms with Gasteiger partial charge in [0.15, 0.2) is 5.16 Å². The van der Waals surface area contributed by atoms with E-state index in [4.69, 9.17) is 0 Å². The van der Waals surface area contributed by atoms with Gasteiger partial charge in [-0.3, -0.25) is 9.59 Å². The number of likely N-dealkylation sites (tertiary alicyclic amines) is 1. The van der Waals surface area contributed by atoms with E-state index in [1.54, 1.807) is 11.3 Å². The number of fused-ring (bicyclic) bond motifs is 1. The molecule has 1 N–H and O–H groups in total. The number of thiophene rings is 1. The summed E-state index contributed by atoms with van der Waals surface area (Å²) in [5, 5.41) is 1.29. The molecule has 3 heterocycles. The van der Waals surface area contributed by atoms with Crippen molar-refractivity contribution in [2.75, 3.05) is 12.3 Å². The van der Waals surface area contributed by atoms with Crippen LogP contribution < -0.4 is 5.56 Å². The lowest BCUT2D eigenvalue weighted by Gasteiger charge is -2.35. The number of aromatic amines is 1. The van der Waals surface area contributed by atoms with Gasteiger partial charge in [0.05, 0.1) is 11.1 Å². The SMILES string of the molecule is CC[C@H](C)Cc1c(C)sc2nc(SCC(=O)N3CCCC[C@@H]3CC)[nH]c(=O)c12. The highest BCUT2D eigenvalue weighted by atomic mass is 32.2. The van der Waals surface area contributed by atoms with Crippen molar-refractivity contribution < 1.29 is 4.79 Å². The third-order valence-corrected chi connectivity index (χ3v) is 7.74. The van der Waals surface area contributed by atoms with Gasteiger partial charge in [0, 0.05) is 17.5 Å². The number of hydrogen-bond acceptors (Lipinski definition) is 5. The van der Waals surface area contributed by atoms with Crippen LogP contribution in [-0.4, -0.2) is 39.1 Å². The van der Waals surface area contributed by atoms with Crippen LogP contribution in [0.4, 0.5) is 0 Å². The largest absolute Gasteiger partial charge is 0.339 e. The van der Waals surface area contributed by atoms with Crippen molar-refractivity contribution >= 4 is 39.2 Å². The Balaban J connectivity index is 1.76. The van der Waals surface area contributed by atoms with E-state index in [1.165, 1.54) is 23.1 Å². The smallest absolute Gasteiger partial charge is 0.260 e. The van der Waals surface area contributed by atoms with Crippen LogP contribution in [0.2, 0.25) is 0 Å². The van der Waals surface area contributed by atoms with Crippen molar-refractivity contribution in [2.45, 2.75) is 77.4 Å². The molecule has 7 heteroatoms. The lowest BCUT2D eigenvalue weighted by molar-refractivity contribution is -0.132. The zero-order valence-corrected chi connectivity index (χ0v) is 19.0. The number of carbonyl (C=O) groups excluding carboxylic acids is 1. The maximum atomic E-state index is 12.8. The molecule has 0 radical (unpaired) electrons. The Morgan fingerprint density at radius 1 is 1.39 bits per heavy atom. The second-order valence-corrected chi connectivity index (χ2v) is 10.0. The first-order chi connectivity index (χ1) is 13.4. The zero-order valence-electron chi connectivity index (χ0n) is 17.3. The minimum absolute atomic E-state index is 0.0768. The molecule has 154 valence electrons. The molecule has 0 spiro atoms. The summed E-state index contributed by atoms with van der Waals surface area (Å²) in [5.41, 5.74) is 1.06. The molecule has 0 unspecified atom stereocenters. The average molecular weight is 422 g/mol. The number of aryl methyl sites for hydroxylation is 1. The molecule has 2 aromatic rings. The molecule has 2 atom stereocenters. The number of thioether (sulfide) groups is 1. The van der Waals surface area contributed by atoms with Crippen LogP contribution in [0.3, 0.4) is 0 Å². The van der Waals surface area contributed by atoms with E-state index in [9.17, 15) is 9.59 Å². The molecule has 28 heavy (non-hydrogen) atoms. The molecule has 1 aliphatic heterocycles. The average Bonchev–Trinajstić information content (AvgIpc) is 3.01. The Kier molecular flexibility index (Phi) is 7.20. The van der Waals surface area contributed by atoms with Gasteiger partial charge in [-0.15, -0.1) is 11.3 Å². The monoisotopic (exact) mass is 421 g/mol. The molecule has 1 amide bonds. The first-order valence-electron chi connectivity index (χ1n) is 10.4. The molecule has 0 aliphatic carbocycles. The van der Waals surface area contributed by atoms with Gasteiger partial charge >= 0.3 is 0 Å². The van der Waals surface area contributed by atoms with Crippen LogP contribution in [0, 0.1) is 12.8 Å². The molecule has 2 aromatic heterocycles. The number of hydrogen-bond donors (Lipinski definition) is 1. The molecule has 0 bridgehead atoms. The third kappa shape index (κ3) is 4.62. The fraction of sp³-hybridized carbons (Fsp3) is 0.667. The van der Waals surface area contributed by atoms with Crippen molar-refractivity contribution in [1.82, 2.24) is 14.9 Å². The van der Waals surface area contributed by atoms with Crippen LogP contribution in [0.25, 0.3) is 10.2 Å². The maximum Gasteiger partial charge on any atom is 0.260 e. The molecule has 1 saturated heterocycles. The number of aromatic nitrogens is 2. The highest BCUT2D eigenvalue weighted by Crippen LogP contribution is 2.30. The van der Waals surface area contributed by atoms with Gasteiger partial charge in [-0.25, -0.2) is 4.98 Å². The van der Waals surface area contributed by atoms with Gasteiger partial charge in [-0.2, -0.15) is 0 Å². The Hall–Kier alpha value is -1.34. The van der Waals surface area contributed by atoms with Crippen LogP contribution in [0.1, 0.15) is 63.3 Å². The highest BCUT2D eigenvalue weighted by molar-refractivity contribution is 7.99. The summed E-state index contributed by atoms with van der Waals surface area (Å²) in [6, 6.07) is 0.361. The second-order valence-electron chi connectivity index (χ2n) is 7.84. The highest BCUT2D eigenvalue weighted by Gasteiger charge is 2.25. The van der Waals surface area contributed by atoms with Crippen molar-refractivity contribution in [3.05, 3.63) is 20.8 Å². The lowest BCUT2D eigenvalue weighted by atomic mass is 9.98. The summed E-state index contributed by atoms with van der Waals surface area (Å²) in [6.45, 7) is 9.45. The predicted octanol–water partition coefficient (Wildman–Crippen LogP) is 4.76. The van der Waals surface area contributed by atoms with Gasteiger partial charge < -0.3 is 9.88 Å². The number of carbonyl (C=O) groups is 1. The Morgan fingerprint density at radius 2 is 2.18 bits per heavy atom. The van der Waals surface area contributed by atoms with Crippen LogP contribution in [0.5, 0.6) is 0 Å². The molecule has 0 saturated carbocycles. The van der Waals surface area contributed by atoms with Crippen molar-refractivity contribution in [1.29, 1.82) is 0 Å². The van der Waals surface area contributed by atoms with Gasteiger partial charge in [-0.05, 0) is 50.5 Å². The van der Waals surface area contributed by atoms with Gasteiger partial charge in [0.2, 0.25) is 5.91 Å². The minimum Gasteiger partial charge on any atom is -0.339 e. The topological polar surface area (TPSA) is 66.1 Å². The predicted molar refractivity (Wildman–Crippen MR) is 119 cm³/mol. The summed E-state index contributed by atoms with van der Waals surface area (Å²) in [6.07, 6.45) is 6.39. The van der Waals surface area contributed by atoms with Gasteiger partial charge in [0.25, 0.3) is 5.56 Å². The number of H-pyrrole nitrogens is 1. The van der Waals surface area contributed by atoms with E-state index in [2.05, 4.69) is 37.7 Å². The lowest BCUT2D eigenvalue weighted by Crippen LogP contribution is -2.44. The fourth-order valence-electron chi connectivity index (χ4n) is 3.93. The first-order valence-corrected chi connectivity index (χ1v) is 12.2. The number of nitrogens with zero attached hydrogens (tertiary/aromatic N) is 2. The molecule has 1 fully saturated rings. The van der Waals surface area contributed by atoms with Crippen LogP contribution >= 0.6 is 23.1 Å². The molecule has 5 nitrogen and oxygen atoms in total. The molecular weight excluding hydrogens is 390 g/mol. The van der Waals surface area contributed by atoms with E-state index in [1.807, 2.05) is 4.90 Å². The van der Waals surface area contributed by atoms with E-state index in [0.29, 0.717) is 22.9 Å². The molecule has 0 aromatic carbocycles. The quantitative estimate of drug-likeness (QED) is 0.517. The van der Waals surface area contributed by atoms with E-state index >= 15 is 0 Å². The van der Waals surface area contributed by atoms with Crippen molar-refractivity contribution in [2.24, 2.45) is 5.92 Å². The van der Waals surface area contributed by atoms with E-state index in [-0.39, 0.29) is 11.5 Å². The summed E-state index contributed by atoms with van der Waals surface area (Å²) in [7, 11) is 0. The van der Waals surface area contributed by atoms with E-state index in [0.717, 1.165) is 54.4 Å². The third-order valence-electron chi connectivity index (χ3n) is 5.84. The first kappa shape index (κ1) is 21.4. The Labute approximate surface area is 175 Å².